The smallest absolute Gasteiger partial charge is 0.299 e. The second-order valence-corrected chi connectivity index (χ2v) is 3.54. The molecule has 0 aliphatic carbocycles. The third-order valence-corrected chi connectivity index (χ3v) is 2.36. The molecular weight excluding hydrogens is 219 g/mol. The van der Waals surface area contributed by atoms with Gasteiger partial charge in [-0.3, -0.25) is 9.78 Å². The van der Waals surface area contributed by atoms with Gasteiger partial charge < -0.3 is 0 Å². The number of Topliss-reactive ketones (excluding diaryl/α,β-unsaturated/α-hetero) is 1. The number of aromatic nitrogens is 1. The minimum Gasteiger partial charge on any atom is -0.299 e. The number of ketones is 1. The molecule has 5 heteroatoms. The van der Waals surface area contributed by atoms with Crippen LogP contribution in [0.25, 0.3) is 0 Å². The van der Waals surface area contributed by atoms with E-state index in [1.807, 2.05) is 0 Å². The molecule has 1 rings (SSSR count). The van der Waals surface area contributed by atoms with Crippen molar-refractivity contribution >= 4 is 5.78 Å². The lowest BCUT2D eigenvalue weighted by Crippen LogP contribution is -2.12. The van der Waals surface area contributed by atoms with Crippen molar-refractivity contribution in [1.29, 1.82) is 0 Å². The first-order chi connectivity index (χ1) is 7.36. The van der Waals surface area contributed by atoms with E-state index in [0.29, 0.717) is 6.42 Å². The molecule has 1 aromatic heterocycles. The fourth-order valence-corrected chi connectivity index (χ4v) is 1.52. The summed E-state index contributed by atoms with van der Waals surface area (Å²) in [6.45, 7) is 3.10. The Morgan fingerprint density at radius 1 is 1.50 bits per heavy atom. The van der Waals surface area contributed by atoms with Crippen molar-refractivity contribution in [1.82, 2.24) is 4.98 Å². The van der Waals surface area contributed by atoms with Gasteiger partial charge in [0.25, 0.3) is 0 Å². The van der Waals surface area contributed by atoms with Gasteiger partial charge in [-0.1, -0.05) is 6.92 Å². The van der Waals surface area contributed by atoms with Gasteiger partial charge in [-0.15, -0.1) is 0 Å². The van der Waals surface area contributed by atoms with Crippen molar-refractivity contribution in [2.24, 2.45) is 0 Å². The first-order valence-electron chi connectivity index (χ1n) is 4.89. The molecule has 0 amide bonds. The van der Waals surface area contributed by atoms with E-state index in [0.717, 1.165) is 18.3 Å². The summed E-state index contributed by atoms with van der Waals surface area (Å²) in [4.78, 5) is 15.0. The zero-order chi connectivity index (χ0) is 12.3. The van der Waals surface area contributed by atoms with Crippen LogP contribution in [0.5, 0.6) is 0 Å². The summed E-state index contributed by atoms with van der Waals surface area (Å²) in [5.41, 5.74) is -0.581. The third kappa shape index (κ3) is 2.81. The van der Waals surface area contributed by atoms with Crippen LogP contribution in [0.4, 0.5) is 13.2 Å². The molecule has 1 aromatic rings. The van der Waals surface area contributed by atoms with Crippen LogP contribution >= 0.6 is 0 Å². The van der Waals surface area contributed by atoms with Gasteiger partial charge in [-0.05, 0) is 25.5 Å². The van der Waals surface area contributed by atoms with E-state index in [1.165, 1.54) is 6.92 Å². The van der Waals surface area contributed by atoms with E-state index >= 15 is 0 Å². The molecule has 88 valence electrons. The van der Waals surface area contributed by atoms with Crippen molar-refractivity contribution in [3.8, 4) is 0 Å². The highest BCUT2D eigenvalue weighted by molar-refractivity contribution is 5.82. The van der Waals surface area contributed by atoms with Crippen molar-refractivity contribution in [2.45, 2.75) is 32.4 Å². The zero-order valence-corrected chi connectivity index (χ0v) is 9.01. The lowest BCUT2D eigenvalue weighted by atomic mass is 9.96. The molecule has 2 nitrogen and oxygen atoms in total. The number of hydrogen-bond acceptors (Lipinski definition) is 2. The summed E-state index contributed by atoms with van der Waals surface area (Å²) in [5.74, 6) is -0.725. The van der Waals surface area contributed by atoms with Gasteiger partial charge in [0.1, 0.15) is 5.78 Å². The summed E-state index contributed by atoms with van der Waals surface area (Å²) in [6, 6.07) is 1.84. The van der Waals surface area contributed by atoms with Crippen molar-refractivity contribution in [2.75, 3.05) is 0 Å². The van der Waals surface area contributed by atoms with Crippen LogP contribution in [-0.4, -0.2) is 10.8 Å². The number of pyridine rings is 1. The van der Waals surface area contributed by atoms with Crippen molar-refractivity contribution in [3.63, 3.8) is 0 Å². The van der Waals surface area contributed by atoms with Gasteiger partial charge in [-0.25, -0.2) is 0 Å². The SMILES string of the molecule is CCC(C(C)=O)c1cc(C(F)(F)F)ccn1. The lowest BCUT2D eigenvalue weighted by molar-refractivity contribution is -0.137. The highest BCUT2D eigenvalue weighted by Gasteiger charge is 2.31. The number of nitrogens with zero attached hydrogens (tertiary/aromatic N) is 1. The third-order valence-electron chi connectivity index (χ3n) is 2.36. The van der Waals surface area contributed by atoms with Crippen LogP contribution in [0.15, 0.2) is 18.3 Å². The quantitative estimate of drug-likeness (QED) is 0.799. The second kappa shape index (κ2) is 4.63. The minimum absolute atomic E-state index is 0.172. The summed E-state index contributed by atoms with van der Waals surface area (Å²) in [5, 5.41) is 0. The van der Waals surface area contributed by atoms with Crippen molar-refractivity contribution < 1.29 is 18.0 Å². The maximum atomic E-state index is 12.4. The van der Waals surface area contributed by atoms with E-state index < -0.39 is 17.7 Å². The van der Waals surface area contributed by atoms with Gasteiger partial charge in [-0.2, -0.15) is 13.2 Å². The first kappa shape index (κ1) is 12.7. The Balaban J connectivity index is 3.11. The Labute approximate surface area is 91.5 Å². The van der Waals surface area contributed by atoms with Gasteiger partial charge >= 0.3 is 6.18 Å². The fourth-order valence-electron chi connectivity index (χ4n) is 1.52. The molecule has 0 radical (unpaired) electrons. The van der Waals surface area contributed by atoms with Gasteiger partial charge in [0.2, 0.25) is 0 Å². The molecule has 16 heavy (non-hydrogen) atoms. The standard InChI is InChI=1S/C11H12F3NO/c1-3-9(7(2)16)10-6-8(4-5-15-10)11(12,13)14/h4-6,9H,3H2,1-2H3. The summed E-state index contributed by atoms with van der Waals surface area (Å²) < 4.78 is 37.3. The lowest BCUT2D eigenvalue weighted by Gasteiger charge is -2.13. The number of carbonyl (C=O) groups is 1. The van der Waals surface area contributed by atoms with Crippen molar-refractivity contribution in [3.05, 3.63) is 29.6 Å². The Morgan fingerprint density at radius 3 is 2.56 bits per heavy atom. The van der Waals surface area contributed by atoms with Crippen LogP contribution in [0, 0.1) is 0 Å². The normalized spacial score (nSPS) is 13.6. The fraction of sp³-hybridized carbons (Fsp3) is 0.455. The average molecular weight is 231 g/mol. The minimum atomic E-state index is -4.40. The molecule has 0 saturated carbocycles. The summed E-state index contributed by atoms with van der Waals surface area (Å²) in [7, 11) is 0. The van der Waals surface area contributed by atoms with Gasteiger partial charge in [0.15, 0.2) is 0 Å². The molecule has 1 unspecified atom stereocenters. The van der Waals surface area contributed by atoms with E-state index in [4.69, 9.17) is 0 Å². The highest BCUT2D eigenvalue weighted by atomic mass is 19.4. The highest BCUT2D eigenvalue weighted by Crippen LogP contribution is 2.30. The number of alkyl halides is 3. The number of rotatable bonds is 3. The molecule has 0 bridgehead atoms. The first-order valence-corrected chi connectivity index (χ1v) is 4.89. The Kier molecular flexibility index (Phi) is 3.67. The molecule has 0 N–H and O–H groups in total. The van der Waals surface area contributed by atoms with Crippen LogP contribution in [0.2, 0.25) is 0 Å². The maximum absolute atomic E-state index is 12.4. The van der Waals surface area contributed by atoms with E-state index in [2.05, 4.69) is 4.98 Å². The Morgan fingerprint density at radius 2 is 2.12 bits per heavy atom. The molecule has 0 spiro atoms. The number of carbonyl (C=O) groups excluding carboxylic acids is 1. The molecule has 0 aliphatic heterocycles. The average Bonchev–Trinajstić information content (AvgIpc) is 2.17. The monoisotopic (exact) mass is 231 g/mol. The molecule has 0 aromatic carbocycles. The molecule has 0 saturated heterocycles. The largest absolute Gasteiger partial charge is 0.416 e. The van der Waals surface area contributed by atoms with Crippen LogP contribution < -0.4 is 0 Å². The summed E-state index contributed by atoms with van der Waals surface area (Å²) >= 11 is 0. The molecule has 1 heterocycles. The van der Waals surface area contributed by atoms with E-state index in [9.17, 15) is 18.0 Å². The molecular formula is C11H12F3NO. The Bertz CT molecular complexity index is 387. The van der Waals surface area contributed by atoms with Crippen LogP contribution in [-0.2, 0) is 11.0 Å². The maximum Gasteiger partial charge on any atom is 0.416 e. The zero-order valence-electron chi connectivity index (χ0n) is 9.01. The van der Waals surface area contributed by atoms with Crippen LogP contribution in [0.3, 0.4) is 0 Å². The predicted molar refractivity (Wildman–Crippen MR) is 53.0 cm³/mol. The molecule has 1 atom stereocenters. The number of hydrogen-bond donors (Lipinski definition) is 0. The second-order valence-electron chi connectivity index (χ2n) is 3.54. The number of halogens is 3. The molecule has 0 aliphatic rings. The van der Waals surface area contributed by atoms with E-state index in [-0.39, 0.29) is 11.5 Å². The molecule has 0 fully saturated rings. The Hall–Kier alpha value is -1.39. The van der Waals surface area contributed by atoms with Gasteiger partial charge in [0.05, 0.1) is 17.2 Å². The van der Waals surface area contributed by atoms with Crippen LogP contribution in [0.1, 0.15) is 37.4 Å². The summed E-state index contributed by atoms with van der Waals surface area (Å²) in [6.07, 6.45) is -2.86. The predicted octanol–water partition coefficient (Wildman–Crippen LogP) is 3.18. The van der Waals surface area contributed by atoms with Gasteiger partial charge in [0, 0.05) is 6.20 Å². The van der Waals surface area contributed by atoms with E-state index in [1.54, 1.807) is 6.92 Å². The topological polar surface area (TPSA) is 30.0 Å².